The highest BCUT2D eigenvalue weighted by Gasteiger charge is 2.19. The second kappa shape index (κ2) is 7.86. The zero-order valence-corrected chi connectivity index (χ0v) is 15.4. The molecule has 25 heavy (non-hydrogen) atoms. The van der Waals surface area contributed by atoms with Crippen LogP contribution in [0.2, 0.25) is 10.0 Å². The van der Waals surface area contributed by atoms with Crippen molar-refractivity contribution in [3.05, 3.63) is 58.6 Å². The second-order valence-electron chi connectivity index (χ2n) is 5.11. The van der Waals surface area contributed by atoms with Crippen molar-refractivity contribution in [3.8, 4) is 5.69 Å². The summed E-state index contributed by atoms with van der Waals surface area (Å²) in [5.41, 5.74) is 1.40. The fourth-order valence-electron chi connectivity index (χ4n) is 2.01. The van der Waals surface area contributed by atoms with Gasteiger partial charge in [-0.3, -0.25) is 4.79 Å². The molecule has 0 bridgehead atoms. The Morgan fingerprint density at radius 1 is 1.16 bits per heavy atom. The van der Waals surface area contributed by atoms with Crippen molar-refractivity contribution in [2.45, 2.75) is 17.3 Å². The van der Waals surface area contributed by atoms with Crippen LogP contribution in [0.15, 0.2) is 53.7 Å². The minimum atomic E-state index is -0.403. The number of carbonyl (C=O) groups excluding carboxylic acids is 1. The predicted octanol–water partition coefficient (Wildman–Crippen LogP) is 4.09. The molecule has 0 radical (unpaired) electrons. The SMILES string of the molecule is C[C@H](Sc1nnnn1-c1cccc(Cl)c1)C(=O)Nc1ccc(Cl)cc1. The predicted molar refractivity (Wildman–Crippen MR) is 99.6 cm³/mol. The lowest BCUT2D eigenvalue weighted by Gasteiger charge is -2.12. The highest BCUT2D eigenvalue weighted by molar-refractivity contribution is 8.00. The molecule has 0 unspecified atom stereocenters. The van der Waals surface area contributed by atoms with E-state index in [2.05, 4.69) is 20.8 Å². The van der Waals surface area contributed by atoms with Gasteiger partial charge >= 0.3 is 0 Å². The van der Waals surface area contributed by atoms with Crippen molar-refractivity contribution in [1.82, 2.24) is 20.2 Å². The molecule has 0 saturated carbocycles. The van der Waals surface area contributed by atoms with Gasteiger partial charge in [0.1, 0.15) is 0 Å². The van der Waals surface area contributed by atoms with Gasteiger partial charge < -0.3 is 5.32 Å². The molecule has 1 heterocycles. The van der Waals surface area contributed by atoms with Gasteiger partial charge in [0.2, 0.25) is 11.1 Å². The van der Waals surface area contributed by atoms with E-state index >= 15 is 0 Å². The van der Waals surface area contributed by atoms with E-state index < -0.39 is 5.25 Å². The first kappa shape index (κ1) is 17.7. The first-order chi connectivity index (χ1) is 12.0. The number of amides is 1. The van der Waals surface area contributed by atoms with E-state index in [1.54, 1.807) is 48.0 Å². The van der Waals surface area contributed by atoms with Gasteiger partial charge in [-0.1, -0.05) is 41.0 Å². The van der Waals surface area contributed by atoms with Crippen LogP contribution in [-0.2, 0) is 4.79 Å². The van der Waals surface area contributed by atoms with E-state index in [-0.39, 0.29) is 5.91 Å². The maximum absolute atomic E-state index is 12.4. The lowest BCUT2D eigenvalue weighted by atomic mass is 10.3. The van der Waals surface area contributed by atoms with Crippen molar-refractivity contribution < 1.29 is 4.79 Å². The summed E-state index contributed by atoms with van der Waals surface area (Å²) in [6.07, 6.45) is 0. The third kappa shape index (κ3) is 4.50. The summed E-state index contributed by atoms with van der Waals surface area (Å²) in [6.45, 7) is 1.78. The maximum Gasteiger partial charge on any atom is 0.237 e. The summed E-state index contributed by atoms with van der Waals surface area (Å²) >= 11 is 13.1. The van der Waals surface area contributed by atoms with Gasteiger partial charge in [-0.15, -0.1) is 5.10 Å². The lowest BCUT2D eigenvalue weighted by Crippen LogP contribution is -2.22. The molecular weight excluding hydrogens is 381 g/mol. The van der Waals surface area contributed by atoms with Gasteiger partial charge in [0, 0.05) is 15.7 Å². The van der Waals surface area contributed by atoms with E-state index in [4.69, 9.17) is 23.2 Å². The maximum atomic E-state index is 12.4. The van der Waals surface area contributed by atoms with E-state index in [1.165, 1.54) is 11.8 Å². The molecule has 0 aliphatic carbocycles. The van der Waals surface area contributed by atoms with Crippen LogP contribution in [0.3, 0.4) is 0 Å². The van der Waals surface area contributed by atoms with Gasteiger partial charge in [-0.05, 0) is 59.8 Å². The number of anilines is 1. The topological polar surface area (TPSA) is 72.7 Å². The molecule has 1 atom stereocenters. The van der Waals surface area contributed by atoms with Crippen LogP contribution in [0.4, 0.5) is 5.69 Å². The Morgan fingerprint density at radius 3 is 2.64 bits per heavy atom. The van der Waals surface area contributed by atoms with Crippen LogP contribution in [0.25, 0.3) is 5.69 Å². The van der Waals surface area contributed by atoms with Gasteiger partial charge in [0.25, 0.3) is 0 Å². The fraction of sp³-hybridized carbons (Fsp3) is 0.125. The van der Waals surface area contributed by atoms with Gasteiger partial charge in [0.15, 0.2) is 0 Å². The normalized spacial score (nSPS) is 12.0. The molecule has 1 amide bonds. The molecule has 0 spiro atoms. The number of carbonyl (C=O) groups is 1. The first-order valence-corrected chi connectivity index (χ1v) is 8.94. The Hall–Kier alpha value is -2.09. The first-order valence-electron chi connectivity index (χ1n) is 7.30. The number of tetrazole rings is 1. The zero-order chi connectivity index (χ0) is 17.8. The van der Waals surface area contributed by atoms with Crippen molar-refractivity contribution >= 4 is 46.6 Å². The molecule has 0 fully saturated rings. The molecule has 0 aliphatic heterocycles. The van der Waals surface area contributed by atoms with Crippen molar-refractivity contribution in [1.29, 1.82) is 0 Å². The lowest BCUT2D eigenvalue weighted by molar-refractivity contribution is -0.115. The average molecular weight is 394 g/mol. The molecule has 0 saturated heterocycles. The fourth-order valence-corrected chi connectivity index (χ4v) is 3.13. The number of nitrogens with zero attached hydrogens (tertiary/aromatic N) is 4. The number of aromatic nitrogens is 4. The minimum absolute atomic E-state index is 0.159. The Bertz CT molecular complexity index is 884. The number of hydrogen-bond donors (Lipinski definition) is 1. The van der Waals surface area contributed by atoms with Crippen LogP contribution in [0.5, 0.6) is 0 Å². The van der Waals surface area contributed by atoms with E-state index in [0.717, 1.165) is 5.69 Å². The van der Waals surface area contributed by atoms with E-state index in [1.807, 2.05) is 12.1 Å². The van der Waals surface area contributed by atoms with Crippen LogP contribution < -0.4 is 5.32 Å². The zero-order valence-electron chi connectivity index (χ0n) is 13.1. The largest absolute Gasteiger partial charge is 0.325 e. The third-order valence-electron chi connectivity index (χ3n) is 3.26. The second-order valence-corrected chi connectivity index (χ2v) is 7.29. The summed E-state index contributed by atoms with van der Waals surface area (Å²) < 4.78 is 1.54. The van der Waals surface area contributed by atoms with Crippen molar-refractivity contribution in [3.63, 3.8) is 0 Å². The highest BCUT2D eigenvalue weighted by atomic mass is 35.5. The Kier molecular flexibility index (Phi) is 5.57. The molecular formula is C16H13Cl2N5OS. The van der Waals surface area contributed by atoms with Crippen molar-refractivity contribution in [2.24, 2.45) is 0 Å². The monoisotopic (exact) mass is 393 g/mol. The van der Waals surface area contributed by atoms with E-state index in [9.17, 15) is 4.79 Å². The summed E-state index contributed by atoms with van der Waals surface area (Å²) in [7, 11) is 0. The summed E-state index contributed by atoms with van der Waals surface area (Å²) in [5.74, 6) is -0.159. The molecule has 128 valence electrons. The number of rotatable bonds is 5. The van der Waals surface area contributed by atoms with Gasteiger partial charge in [0.05, 0.1) is 10.9 Å². The molecule has 1 N–H and O–H groups in total. The molecule has 3 rings (SSSR count). The molecule has 0 aliphatic rings. The van der Waals surface area contributed by atoms with Gasteiger partial charge in [-0.2, -0.15) is 4.68 Å². The number of benzene rings is 2. The number of hydrogen-bond acceptors (Lipinski definition) is 5. The summed E-state index contributed by atoms with van der Waals surface area (Å²) in [4.78, 5) is 12.4. The molecule has 3 aromatic rings. The van der Waals surface area contributed by atoms with E-state index in [0.29, 0.717) is 20.9 Å². The average Bonchev–Trinajstić information content (AvgIpc) is 3.05. The van der Waals surface area contributed by atoms with Gasteiger partial charge in [-0.25, -0.2) is 0 Å². The minimum Gasteiger partial charge on any atom is -0.325 e. The highest BCUT2D eigenvalue weighted by Crippen LogP contribution is 2.25. The summed E-state index contributed by atoms with van der Waals surface area (Å²) in [5, 5.41) is 15.8. The summed E-state index contributed by atoms with van der Waals surface area (Å²) in [6, 6.07) is 14.1. The Morgan fingerprint density at radius 2 is 1.92 bits per heavy atom. The molecule has 1 aromatic heterocycles. The number of nitrogens with one attached hydrogen (secondary N) is 1. The van der Waals surface area contributed by atoms with Crippen LogP contribution >= 0.6 is 35.0 Å². The molecule has 6 nitrogen and oxygen atoms in total. The van der Waals surface area contributed by atoms with Crippen LogP contribution in [0, 0.1) is 0 Å². The number of thioether (sulfide) groups is 1. The standard InChI is InChI=1S/C16H13Cl2N5OS/c1-10(15(24)19-13-7-5-11(17)6-8-13)25-16-20-21-22-23(16)14-4-2-3-12(18)9-14/h2-10H,1H3,(H,19,24)/t10-/m0/s1. The van der Waals surface area contributed by atoms with Crippen LogP contribution in [-0.4, -0.2) is 31.4 Å². The molecule has 2 aromatic carbocycles. The third-order valence-corrected chi connectivity index (χ3v) is 4.78. The van der Waals surface area contributed by atoms with Crippen molar-refractivity contribution in [2.75, 3.05) is 5.32 Å². The smallest absolute Gasteiger partial charge is 0.237 e. The molecule has 9 heteroatoms. The Labute approximate surface area is 158 Å². The van der Waals surface area contributed by atoms with Crippen LogP contribution in [0.1, 0.15) is 6.92 Å². The number of halogens is 2. The Balaban J connectivity index is 1.71. The quantitative estimate of drug-likeness (QED) is 0.660.